The van der Waals surface area contributed by atoms with E-state index in [-0.39, 0.29) is 19.0 Å². The number of hydrogen-bond donors (Lipinski definition) is 1. The van der Waals surface area contributed by atoms with Crippen molar-refractivity contribution < 1.29 is 19.3 Å². The van der Waals surface area contributed by atoms with Gasteiger partial charge in [-0.05, 0) is 27.2 Å². The van der Waals surface area contributed by atoms with Crippen LogP contribution < -0.4 is 0 Å². The molecule has 0 aromatic rings. The topological polar surface area (TPSA) is 47.9 Å². The Labute approximate surface area is 98.2 Å². The van der Waals surface area contributed by atoms with Crippen LogP contribution in [-0.2, 0) is 14.2 Å². The van der Waals surface area contributed by atoms with Gasteiger partial charge in [0.25, 0.3) is 0 Å². The predicted octanol–water partition coefficient (Wildman–Crippen LogP) is 1.73. The summed E-state index contributed by atoms with van der Waals surface area (Å²) < 4.78 is 16.3. The second-order valence-corrected chi connectivity index (χ2v) is 3.37. The molecular weight excluding hydrogens is 208 g/mol. The maximum atomic E-state index is 8.57. The van der Waals surface area contributed by atoms with Crippen molar-refractivity contribution in [3.05, 3.63) is 12.2 Å². The lowest BCUT2D eigenvalue weighted by atomic mass is 10.2. The first-order valence-corrected chi connectivity index (χ1v) is 5.85. The SMILES string of the molecule is CCOC(COC(C)CC=CCO)OCC. The Morgan fingerprint density at radius 3 is 2.19 bits per heavy atom. The van der Waals surface area contributed by atoms with Crippen LogP contribution in [0.4, 0.5) is 0 Å². The van der Waals surface area contributed by atoms with Crippen molar-refractivity contribution in [2.45, 2.75) is 39.6 Å². The molecule has 1 unspecified atom stereocenters. The molecule has 16 heavy (non-hydrogen) atoms. The van der Waals surface area contributed by atoms with E-state index in [9.17, 15) is 0 Å². The third kappa shape index (κ3) is 8.85. The second kappa shape index (κ2) is 11.1. The molecule has 0 saturated heterocycles. The highest BCUT2D eigenvalue weighted by Gasteiger charge is 2.09. The van der Waals surface area contributed by atoms with E-state index in [0.717, 1.165) is 6.42 Å². The first-order valence-electron chi connectivity index (χ1n) is 5.85. The lowest BCUT2D eigenvalue weighted by Gasteiger charge is -2.19. The maximum Gasteiger partial charge on any atom is 0.180 e. The number of aliphatic hydroxyl groups is 1. The Hall–Kier alpha value is -0.420. The van der Waals surface area contributed by atoms with Gasteiger partial charge in [-0.15, -0.1) is 0 Å². The largest absolute Gasteiger partial charge is 0.392 e. The van der Waals surface area contributed by atoms with E-state index in [2.05, 4.69) is 0 Å². The average Bonchev–Trinajstić information content (AvgIpc) is 2.27. The van der Waals surface area contributed by atoms with Crippen LogP contribution >= 0.6 is 0 Å². The number of ether oxygens (including phenoxy) is 3. The first kappa shape index (κ1) is 15.6. The highest BCUT2D eigenvalue weighted by atomic mass is 16.7. The van der Waals surface area contributed by atoms with Crippen molar-refractivity contribution in [3.63, 3.8) is 0 Å². The van der Waals surface area contributed by atoms with Crippen LogP contribution in [0, 0.1) is 0 Å². The van der Waals surface area contributed by atoms with Crippen LogP contribution in [0.3, 0.4) is 0 Å². The predicted molar refractivity (Wildman–Crippen MR) is 63.3 cm³/mol. The number of rotatable bonds is 10. The molecule has 0 radical (unpaired) electrons. The molecule has 0 aromatic carbocycles. The third-order valence-electron chi connectivity index (χ3n) is 1.96. The summed E-state index contributed by atoms with van der Waals surface area (Å²) >= 11 is 0. The van der Waals surface area contributed by atoms with Gasteiger partial charge in [-0.1, -0.05) is 12.2 Å². The molecular formula is C12H24O4. The Balaban J connectivity index is 3.68. The molecule has 0 amide bonds. The van der Waals surface area contributed by atoms with Gasteiger partial charge in [-0.3, -0.25) is 0 Å². The summed E-state index contributed by atoms with van der Waals surface area (Å²) in [7, 11) is 0. The van der Waals surface area contributed by atoms with Gasteiger partial charge < -0.3 is 19.3 Å². The summed E-state index contributed by atoms with van der Waals surface area (Å²) in [4.78, 5) is 0. The summed E-state index contributed by atoms with van der Waals surface area (Å²) in [5, 5.41) is 8.57. The molecule has 4 heteroatoms. The Morgan fingerprint density at radius 2 is 1.69 bits per heavy atom. The average molecular weight is 232 g/mol. The highest BCUT2D eigenvalue weighted by molar-refractivity contribution is 4.82. The summed E-state index contributed by atoms with van der Waals surface area (Å²) in [6.07, 6.45) is 4.22. The van der Waals surface area contributed by atoms with Gasteiger partial charge in [0, 0.05) is 13.2 Å². The van der Waals surface area contributed by atoms with Crippen molar-refractivity contribution in [3.8, 4) is 0 Å². The van der Waals surface area contributed by atoms with Gasteiger partial charge in [0.05, 0.1) is 19.3 Å². The molecule has 0 spiro atoms. The highest BCUT2D eigenvalue weighted by Crippen LogP contribution is 2.03. The molecule has 0 aliphatic carbocycles. The molecule has 0 aliphatic rings. The fraction of sp³-hybridized carbons (Fsp3) is 0.833. The zero-order chi connectivity index (χ0) is 12.2. The minimum atomic E-state index is -0.278. The number of aliphatic hydroxyl groups excluding tert-OH is 1. The fourth-order valence-electron chi connectivity index (χ4n) is 1.19. The van der Waals surface area contributed by atoms with Gasteiger partial charge in [-0.2, -0.15) is 0 Å². The third-order valence-corrected chi connectivity index (χ3v) is 1.96. The van der Waals surface area contributed by atoms with E-state index in [0.29, 0.717) is 19.8 Å². The van der Waals surface area contributed by atoms with Gasteiger partial charge >= 0.3 is 0 Å². The summed E-state index contributed by atoms with van der Waals surface area (Å²) in [5.41, 5.74) is 0. The minimum Gasteiger partial charge on any atom is -0.392 e. The molecule has 0 heterocycles. The van der Waals surface area contributed by atoms with E-state index < -0.39 is 0 Å². The van der Waals surface area contributed by atoms with Crippen molar-refractivity contribution in [1.82, 2.24) is 0 Å². The molecule has 0 bridgehead atoms. The van der Waals surface area contributed by atoms with Crippen molar-refractivity contribution in [2.24, 2.45) is 0 Å². The van der Waals surface area contributed by atoms with E-state index in [1.807, 2.05) is 26.8 Å². The zero-order valence-corrected chi connectivity index (χ0v) is 10.5. The maximum absolute atomic E-state index is 8.57. The molecule has 1 atom stereocenters. The fourth-order valence-corrected chi connectivity index (χ4v) is 1.19. The molecule has 0 aromatic heterocycles. The Kier molecular flexibility index (Phi) is 10.8. The molecule has 0 saturated carbocycles. The number of hydrogen-bond acceptors (Lipinski definition) is 4. The van der Waals surface area contributed by atoms with E-state index in [1.54, 1.807) is 6.08 Å². The quantitative estimate of drug-likeness (QED) is 0.460. The van der Waals surface area contributed by atoms with Gasteiger partial charge in [0.1, 0.15) is 0 Å². The van der Waals surface area contributed by atoms with Crippen LogP contribution in [0.25, 0.3) is 0 Å². The van der Waals surface area contributed by atoms with Crippen LogP contribution in [0.2, 0.25) is 0 Å². The minimum absolute atomic E-state index is 0.0766. The first-order chi connectivity index (χ1) is 7.74. The summed E-state index contributed by atoms with van der Waals surface area (Å²) in [6, 6.07) is 0. The molecule has 0 aliphatic heterocycles. The molecule has 0 rings (SSSR count). The van der Waals surface area contributed by atoms with Crippen LogP contribution in [0.1, 0.15) is 27.2 Å². The van der Waals surface area contributed by atoms with Crippen LogP contribution in [0.5, 0.6) is 0 Å². The molecule has 1 N–H and O–H groups in total. The van der Waals surface area contributed by atoms with Crippen molar-refractivity contribution >= 4 is 0 Å². The van der Waals surface area contributed by atoms with E-state index in [4.69, 9.17) is 19.3 Å². The van der Waals surface area contributed by atoms with Gasteiger partial charge in [0.2, 0.25) is 0 Å². The van der Waals surface area contributed by atoms with E-state index >= 15 is 0 Å². The van der Waals surface area contributed by atoms with Gasteiger partial charge in [0.15, 0.2) is 6.29 Å². The molecule has 96 valence electrons. The van der Waals surface area contributed by atoms with E-state index in [1.165, 1.54) is 0 Å². The monoisotopic (exact) mass is 232 g/mol. The second-order valence-electron chi connectivity index (χ2n) is 3.37. The normalized spacial score (nSPS) is 13.8. The lowest BCUT2D eigenvalue weighted by molar-refractivity contribution is -0.174. The standard InChI is InChI=1S/C12H24O4/c1-4-14-12(15-5-2)10-16-11(3)8-6-7-9-13/h6-7,11-13H,4-5,8-10H2,1-3H3. The molecule has 0 fully saturated rings. The Morgan fingerprint density at radius 1 is 1.06 bits per heavy atom. The summed E-state index contributed by atoms with van der Waals surface area (Å²) in [5.74, 6) is 0. The zero-order valence-electron chi connectivity index (χ0n) is 10.5. The van der Waals surface area contributed by atoms with Crippen LogP contribution in [-0.4, -0.2) is 43.9 Å². The Bertz CT molecular complexity index is 164. The lowest BCUT2D eigenvalue weighted by Crippen LogP contribution is -2.25. The summed E-state index contributed by atoms with van der Waals surface area (Å²) in [6.45, 7) is 7.60. The van der Waals surface area contributed by atoms with Gasteiger partial charge in [-0.25, -0.2) is 0 Å². The molecule has 4 nitrogen and oxygen atoms in total. The van der Waals surface area contributed by atoms with Crippen molar-refractivity contribution in [1.29, 1.82) is 0 Å². The smallest absolute Gasteiger partial charge is 0.180 e. The van der Waals surface area contributed by atoms with Crippen molar-refractivity contribution in [2.75, 3.05) is 26.4 Å². The van der Waals surface area contributed by atoms with Crippen LogP contribution in [0.15, 0.2) is 12.2 Å².